The van der Waals surface area contributed by atoms with Crippen LogP contribution in [0.1, 0.15) is 39.0 Å². The maximum Gasteiger partial charge on any atom is 0.255 e. The fourth-order valence-electron chi connectivity index (χ4n) is 3.48. The van der Waals surface area contributed by atoms with Crippen molar-refractivity contribution in [3.63, 3.8) is 0 Å². The minimum Gasteiger partial charge on any atom is -0.372 e. The maximum atomic E-state index is 12.4. The number of aromatic amines is 1. The smallest absolute Gasteiger partial charge is 0.255 e. The summed E-state index contributed by atoms with van der Waals surface area (Å²) in [5, 5.41) is 0. The molecule has 3 heterocycles. The molecular formula is C17H26N4O3. The molecule has 132 valence electrons. The summed E-state index contributed by atoms with van der Waals surface area (Å²) in [6.45, 7) is 10.2. The number of H-pyrrole nitrogens is 1. The summed E-state index contributed by atoms with van der Waals surface area (Å²) in [5.74, 6) is 0.645. The lowest BCUT2D eigenvalue weighted by molar-refractivity contribution is -0.135. The van der Waals surface area contributed by atoms with E-state index in [9.17, 15) is 9.59 Å². The number of hydrogen-bond acceptors (Lipinski definition) is 5. The van der Waals surface area contributed by atoms with Crippen LogP contribution in [-0.4, -0.2) is 52.6 Å². The molecule has 1 N–H and O–H groups in total. The molecular weight excluding hydrogens is 308 g/mol. The van der Waals surface area contributed by atoms with Crippen LogP contribution >= 0.6 is 0 Å². The molecule has 1 aromatic heterocycles. The van der Waals surface area contributed by atoms with Gasteiger partial charge in [-0.2, -0.15) is 0 Å². The summed E-state index contributed by atoms with van der Waals surface area (Å²) in [5.41, 5.74) is 1.35. The molecule has 7 nitrogen and oxygen atoms in total. The molecule has 1 amide bonds. The van der Waals surface area contributed by atoms with E-state index in [-0.39, 0.29) is 29.6 Å². The Bertz CT molecular complexity index is 675. The van der Waals surface area contributed by atoms with Gasteiger partial charge in [-0.25, -0.2) is 4.98 Å². The molecule has 0 aliphatic carbocycles. The first kappa shape index (κ1) is 17.0. The monoisotopic (exact) mass is 334 g/mol. The van der Waals surface area contributed by atoms with Gasteiger partial charge in [0, 0.05) is 31.1 Å². The van der Waals surface area contributed by atoms with Gasteiger partial charge >= 0.3 is 0 Å². The van der Waals surface area contributed by atoms with Crippen molar-refractivity contribution in [1.29, 1.82) is 0 Å². The van der Waals surface area contributed by atoms with Crippen LogP contribution in [0.25, 0.3) is 0 Å². The van der Waals surface area contributed by atoms with Crippen LogP contribution in [0.15, 0.2) is 4.79 Å². The highest BCUT2D eigenvalue weighted by molar-refractivity contribution is 5.78. The number of nitrogens with one attached hydrogen (secondary N) is 1. The Balaban J connectivity index is 1.88. The van der Waals surface area contributed by atoms with Gasteiger partial charge in [0.2, 0.25) is 11.9 Å². The highest BCUT2D eigenvalue weighted by atomic mass is 16.5. The Labute approximate surface area is 142 Å². The average Bonchev–Trinajstić information content (AvgIpc) is 2.52. The normalized spacial score (nSPS) is 24.2. The van der Waals surface area contributed by atoms with Gasteiger partial charge in [-0.3, -0.25) is 14.6 Å². The third kappa shape index (κ3) is 3.31. The maximum absolute atomic E-state index is 12.4. The minimum absolute atomic E-state index is 0.0473. The topological polar surface area (TPSA) is 78.5 Å². The lowest BCUT2D eigenvalue weighted by Crippen LogP contribution is -2.47. The van der Waals surface area contributed by atoms with E-state index in [4.69, 9.17) is 4.74 Å². The second-order valence-corrected chi connectivity index (χ2v) is 7.14. The lowest BCUT2D eigenvalue weighted by atomic mass is 10.0. The molecule has 2 aliphatic rings. The van der Waals surface area contributed by atoms with Crippen molar-refractivity contribution in [1.82, 2.24) is 14.9 Å². The van der Waals surface area contributed by atoms with Crippen molar-refractivity contribution < 1.29 is 9.53 Å². The highest BCUT2D eigenvalue weighted by Crippen LogP contribution is 2.20. The van der Waals surface area contributed by atoms with E-state index in [1.54, 1.807) is 4.90 Å². The predicted molar refractivity (Wildman–Crippen MR) is 91.0 cm³/mol. The molecule has 0 bridgehead atoms. The minimum atomic E-state index is -0.0848. The van der Waals surface area contributed by atoms with E-state index in [0.29, 0.717) is 44.1 Å². The fourth-order valence-corrected chi connectivity index (χ4v) is 3.48. The van der Waals surface area contributed by atoms with Crippen molar-refractivity contribution >= 4 is 11.9 Å². The predicted octanol–water partition coefficient (Wildman–Crippen LogP) is 0.924. The number of aromatic nitrogens is 2. The van der Waals surface area contributed by atoms with Crippen LogP contribution in [0.5, 0.6) is 0 Å². The third-order valence-electron chi connectivity index (χ3n) is 4.59. The number of amides is 1. The highest BCUT2D eigenvalue weighted by Gasteiger charge is 2.28. The van der Waals surface area contributed by atoms with E-state index in [1.807, 2.05) is 27.7 Å². The largest absolute Gasteiger partial charge is 0.372 e. The van der Waals surface area contributed by atoms with Crippen LogP contribution in [0.4, 0.5) is 5.95 Å². The van der Waals surface area contributed by atoms with Crippen LogP contribution in [0.2, 0.25) is 0 Å². The van der Waals surface area contributed by atoms with Gasteiger partial charge in [0.25, 0.3) is 5.56 Å². The second kappa shape index (κ2) is 6.55. The van der Waals surface area contributed by atoms with Crippen LogP contribution in [0, 0.1) is 5.92 Å². The number of carbonyl (C=O) groups excluding carboxylic acids is 1. The number of fused-ring (bicyclic) bond motifs is 1. The molecule has 1 aromatic rings. The summed E-state index contributed by atoms with van der Waals surface area (Å²) in [6, 6.07) is 0. The number of rotatable bonds is 2. The van der Waals surface area contributed by atoms with Gasteiger partial charge in [-0.05, 0) is 20.3 Å². The number of anilines is 1. The quantitative estimate of drug-likeness (QED) is 0.870. The average molecular weight is 334 g/mol. The van der Waals surface area contributed by atoms with Crippen molar-refractivity contribution in [2.24, 2.45) is 5.92 Å². The Morgan fingerprint density at radius 1 is 1.29 bits per heavy atom. The Morgan fingerprint density at radius 2 is 1.96 bits per heavy atom. The van der Waals surface area contributed by atoms with E-state index in [0.717, 1.165) is 5.69 Å². The van der Waals surface area contributed by atoms with Gasteiger partial charge in [0.05, 0.1) is 24.4 Å². The molecule has 0 aromatic carbocycles. The van der Waals surface area contributed by atoms with Gasteiger partial charge in [-0.1, -0.05) is 13.8 Å². The summed E-state index contributed by atoms with van der Waals surface area (Å²) < 4.78 is 5.74. The van der Waals surface area contributed by atoms with Crippen molar-refractivity contribution in [2.45, 2.75) is 52.9 Å². The van der Waals surface area contributed by atoms with Gasteiger partial charge < -0.3 is 14.5 Å². The van der Waals surface area contributed by atoms with E-state index < -0.39 is 0 Å². The number of ether oxygens (including phenoxy) is 1. The summed E-state index contributed by atoms with van der Waals surface area (Å²) in [6.07, 6.45) is 0.745. The number of carbonyl (C=O) groups is 1. The molecule has 0 saturated carbocycles. The second-order valence-electron chi connectivity index (χ2n) is 7.14. The molecule has 3 rings (SSSR count). The lowest BCUT2D eigenvalue weighted by Gasteiger charge is -2.36. The number of morpholine rings is 1. The van der Waals surface area contributed by atoms with Crippen molar-refractivity contribution in [3.8, 4) is 0 Å². The summed E-state index contributed by atoms with van der Waals surface area (Å²) in [4.78, 5) is 36.1. The molecule has 0 spiro atoms. The standard InChI is InChI=1S/C17H26N4O3/c1-10(2)16(23)20-6-5-13-14(9-20)18-17(19-15(13)22)21-7-11(3)24-12(4)8-21/h10-12H,5-9H2,1-4H3,(H,18,19,22)/t11-,12-/m1/s1. The SMILES string of the molecule is CC(C)C(=O)N1CCc2c(nc(N3C[C@@H](C)O[C@H](C)C3)[nH]c2=O)C1. The first-order valence-electron chi connectivity index (χ1n) is 8.66. The molecule has 2 aliphatic heterocycles. The Hall–Kier alpha value is -1.89. The molecule has 0 radical (unpaired) electrons. The molecule has 2 atom stereocenters. The fraction of sp³-hybridized carbons (Fsp3) is 0.706. The van der Waals surface area contributed by atoms with Gasteiger partial charge in [0.15, 0.2) is 0 Å². The van der Waals surface area contributed by atoms with E-state index >= 15 is 0 Å². The first-order valence-corrected chi connectivity index (χ1v) is 8.66. The van der Waals surface area contributed by atoms with Gasteiger partial charge in [0.1, 0.15) is 0 Å². The van der Waals surface area contributed by atoms with Crippen molar-refractivity contribution in [2.75, 3.05) is 24.5 Å². The molecule has 0 unspecified atom stereocenters. The zero-order valence-corrected chi connectivity index (χ0v) is 14.8. The molecule has 7 heteroatoms. The molecule has 1 fully saturated rings. The van der Waals surface area contributed by atoms with Crippen molar-refractivity contribution in [3.05, 3.63) is 21.6 Å². The summed E-state index contributed by atoms with van der Waals surface area (Å²) >= 11 is 0. The first-order chi connectivity index (χ1) is 11.3. The van der Waals surface area contributed by atoms with E-state index in [1.165, 1.54) is 0 Å². The van der Waals surface area contributed by atoms with E-state index in [2.05, 4.69) is 14.9 Å². The Kier molecular flexibility index (Phi) is 4.62. The molecule has 1 saturated heterocycles. The zero-order valence-electron chi connectivity index (χ0n) is 14.8. The summed E-state index contributed by atoms with van der Waals surface area (Å²) in [7, 11) is 0. The van der Waals surface area contributed by atoms with Crippen LogP contribution in [-0.2, 0) is 22.5 Å². The number of hydrogen-bond donors (Lipinski definition) is 1. The van der Waals surface area contributed by atoms with Gasteiger partial charge in [-0.15, -0.1) is 0 Å². The molecule has 24 heavy (non-hydrogen) atoms. The Morgan fingerprint density at radius 3 is 2.58 bits per heavy atom. The third-order valence-corrected chi connectivity index (χ3v) is 4.59. The zero-order chi connectivity index (χ0) is 17.4. The van der Waals surface area contributed by atoms with Crippen LogP contribution < -0.4 is 10.5 Å². The number of nitrogens with zero attached hydrogens (tertiary/aromatic N) is 3. The van der Waals surface area contributed by atoms with Crippen LogP contribution in [0.3, 0.4) is 0 Å².